The minimum atomic E-state index is -0.0347. The lowest BCUT2D eigenvalue weighted by Crippen LogP contribution is -3.09. The van der Waals surface area contributed by atoms with Crippen molar-refractivity contribution in [3.05, 3.63) is 0 Å². The van der Waals surface area contributed by atoms with Gasteiger partial charge in [-0.2, -0.15) is 0 Å². The van der Waals surface area contributed by atoms with E-state index in [1.54, 1.807) is 0 Å². The Balaban J connectivity index is -0.0000000980. The first-order chi connectivity index (χ1) is 7.36. The van der Waals surface area contributed by atoms with Crippen molar-refractivity contribution in [3.63, 3.8) is 0 Å². The predicted molar refractivity (Wildman–Crippen MR) is 58.8 cm³/mol. The Morgan fingerprint density at radius 3 is 1.06 bits per heavy atom. The van der Waals surface area contributed by atoms with E-state index in [2.05, 4.69) is 9.47 Å². The van der Waals surface area contributed by atoms with Crippen molar-refractivity contribution < 1.29 is 53.7 Å². The molecule has 0 saturated carbocycles. The Bertz CT molecular complexity index is 175. The average molecular weight is 307 g/mol. The summed E-state index contributed by atoms with van der Waals surface area (Å²) in [5.74, 6) is 0. The highest BCUT2D eigenvalue weighted by Gasteiger charge is 2.05. The fourth-order valence-corrected chi connectivity index (χ4v) is 0.439. The van der Waals surface area contributed by atoms with Crippen LogP contribution in [0.5, 0.6) is 0 Å². The van der Waals surface area contributed by atoms with Crippen LogP contribution in [0.15, 0.2) is 0 Å². The number of carbonyl (C=O) groups is 2. The van der Waals surface area contributed by atoms with Gasteiger partial charge in [-0.25, -0.2) is 0 Å². The van der Waals surface area contributed by atoms with Crippen molar-refractivity contribution in [1.29, 1.82) is 0 Å². The van der Waals surface area contributed by atoms with E-state index >= 15 is 0 Å². The molecule has 0 aromatic rings. The number of rotatable bonds is 6. The monoisotopic (exact) mass is 306 g/mol. The molecular weight excluding hydrogens is 283 g/mol. The van der Waals surface area contributed by atoms with Crippen LogP contribution in [0.25, 0.3) is 0 Å². The Labute approximate surface area is 121 Å². The van der Waals surface area contributed by atoms with E-state index in [1.807, 2.05) is 42.0 Å². The van der Waals surface area contributed by atoms with E-state index in [9.17, 15) is 9.59 Å². The maximum absolute atomic E-state index is 9.68. The third-order valence-corrected chi connectivity index (χ3v) is 2.15. The molecule has 2 unspecified atom stereocenters. The van der Waals surface area contributed by atoms with Crippen LogP contribution in [0.3, 0.4) is 0 Å². The molecule has 6 nitrogen and oxygen atoms in total. The largest absolute Gasteiger partial charge is 1.00 e. The first-order valence-corrected chi connectivity index (χ1v) is 5.15. The molecule has 0 radical (unpaired) electrons. The van der Waals surface area contributed by atoms with Crippen molar-refractivity contribution in [1.82, 2.24) is 0 Å². The summed E-state index contributed by atoms with van der Waals surface area (Å²) in [5.41, 5.74) is 0. The molecule has 2 atom stereocenters. The second-order valence-corrected chi connectivity index (χ2v) is 3.90. The van der Waals surface area contributed by atoms with Gasteiger partial charge in [-0.05, 0) is 0 Å². The van der Waals surface area contributed by atoms with Crippen LogP contribution in [-0.2, 0) is 19.1 Å². The predicted octanol–water partition coefficient (Wildman–Crippen LogP) is -8.69. The Morgan fingerprint density at radius 1 is 0.778 bits per heavy atom. The summed E-state index contributed by atoms with van der Waals surface area (Å²) in [6.07, 6.45) is -0.0694. The van der Waals surface area contributed by atoms with Crippen LogP contribution in [0.2, 0.25) is 0 Å². The summed E-state index contributed by atoms with van der Waals surface area (Å²) in [4.78, 5) is 21.6. The summed E-state index contributed by atoms with van der Waals surface area (Å²) < 4.78 is 9.17. The Kier molecular flexibility index (Phi) is 23.8. The molecule has 0 rings (SSSR count). The van der Waals surface area contributed by atoms with Crippen LogP contribution in [0.4, 0.5) is 0 Å². The van der Waals surface area contributed by atoms with Gasteiger partial charge in [0.2, 0.25) is 12.5 Å². The molecule has 0 aliphatic rings. The molecule has 0 amide bonds. The molecule has 8 heteroatoms. The molecule has 18 heavy (non-hydrogen) atoms. The van der Waals surface area contributed by atoms with Gasteiger partial charge in [0.1, 0.15) is 0 Å². The van der Waals surface area contributed by atoms with Crippen LogP contribution in [-0.4, -0.2) is 53.6 Å². The maximum Gasteiger partial charge on any atom is 0.297 e. The van der Waals surface area contributed by atoms with Crippen molar-refractivity contribution in [3.8, 4) is 0 Å². The van der Waals surface area contributed by atoms with E-state index in [0.29, 0.717) is 12.9 Å². The lowest BCUT2D eigenvalue weighted by Gasteiger charge is -2.13. The Morgan fingerprint density at radius 2 is 1.00 bits per heavy atom. The highest BCUT2D eigenvalue weighted by Crippen LogP contribution is 1.70. The number of halogens is 2. The molecule has 0 fully saturated rings. The third kappa shape index (κ3) is 17.8. The van der Waals surface area contributed by atoms with Gasteiger partial charge in [0.15, 0.2) is 0 Å². The van der Waals surface area contributed by atoms with E-state index in [4.69, 9.17) is 0 Å². The molecule has 0 bridgehead atoms. The standard InChI is InChI=1S/2C5H11NO2.2ClH/c2*1-5(6(2)3)8-4-7;;/h2*4-5H,1-3H3;2*1H. The maximum atomic E-state index is 9.68. The molecule has 0 aliphatic carbocycles. The second-order valence-electron chi connectivity index (χ2n) is 3.90. The lowest BCUT2D eigenvalue weighted by atomic mass is 10.6. The molecule has 0 heterocycles. The first-order valence-electron chi connectivity index (χ1n) is 5.15. The fourth-order valence-electron chi connectivity index (χ4n) is 0.439. The molecule has 0 saturated heterocycles. The van der Waals surface area contributed by atoms with E-state index in [0.717, 1.165) is 9.80 Å². The summed E-state index contributed by atoms with van der Waals surface area (Å²) in [6, 6.07) is 0. The number of ether oxygens (including phenoxy) is 2. The number of hydrogen-bond donors (Lipinski definition) is 2. The van der Waals surface area contributed by atoms with Crippen molar-refractivity contribution in [2.45, 2.75) is 26.3 Å². The quantitative estimate of drug-likeness (QED) is 0.378. The third-order valence-electron chi connectivity index (χ3n) is 2.15. The van der Waals surface area contributed by atoms with Gasteiger partial charge in [-0.15, -0.1) is 0 Å². The smallest absolute Gasteiger partial charge is 0.297 e. The fraction of sp³-hybridized carbons (Fsp3) is 0.800. The van der Waals surface area contributed by atoms with Crippen LogP contribution >= 0.6 is 0 Å². The Hall–Kier alpha value is -0.560. The topological polar surface area (TPSA) is 61.5 Å². The molecule has 2 N–H and O–H groups in total. The highest BCUT2D eigenvalue weighted by atomic mass is 35.5. The normalized spacial score (nSPS) is 12.0. The zero-order valence-corrected chi connectivity index (χ0v) is 13.2. The summed E-state index contributed by atoms with van der Waals surface area (Å²) >= 11 is 0. The number of quaternary nitrogens is 2. The molecular formula is C10H24Cl2N2O4. The minimum absolute atomic E-state index is 0. The molecule has 0 spiro atoms. The zero-order chi connectivity index (χ0) is 13.1. The van der Waals surface area contributed by atoms with Crippen molar-refractivity contribution >= 4 is 12.9 Å². The SMILES string of the molecule is CC(OC=O)[NH+](C)C.CC(OC=O)[NH+](C)C.[Cl-].[Cl-]. The van der Waals surface area contributed by atoms with Gasteiger partial charge >= 0.3 is 0 Å². The summed E-state index contributed by atoms with van der Waals surface area (Å²) in [7, 11) is 7.70. The molecule has 0 aromatic heterocycles. The van der Waals surface area contributed by atoms with Gasteiger partial charge in [0, 0.05) is 13.8 Å². The number of hydrogen-bond acceptors (Lipinski definition) is 4. The summed E-state index contributed by atoms with van der Waals surface area (Å²) in [6.45, 7) is 4.61. The van der Waals surface area contributed by atoms with Crippen LogP contribution < -0.4 is 34.6 Å². The van der Waals surface area contributed by atoms with E-state index in [-0.39, 0.29) is 37.3 Å². The van der Waals surface area contributed by atoms with Crippen molar-refractivity contribution in [2.24, 2.45) is 0 Å². The molecule has 112 valence electrons. The number of carbonyl (C=O) groups excluding carboxylic acids is 2. The van der Waals surface area contributed by atoms with Gasteiger partial charge in [0.05, 0.1) is 28.2 Å². The zero-order valence-electron chi connectivity index (χ0n) is 11.7. The van der Waals surface area contributed by atoms with Gasteiger partial charge in [-0.3, -0.25) is 9.59 Å². The van der Waals surface area contributed by atoms with Gasteiger partial charge in [-0.1, -0.05) is 0 Å². The minimum Gasteiger partial charge on any atom is -1.00 e. The second kappa shape index (κ2) is 16.4. The van der Waals surface area contributed by atoms with E-state index in [1.165, 1.54) is 0 Å². The molecule has 0 aromatic carbocycles. The van der Waals surface area contributed by atoms with Crippen LogP contribution in [0.1, 0.15) is 13.8 Å². The van der Waals surface area contributed by atoms with Crippen LogP contribution in [0, 0.1) is 0 Å². The first kappa shape index (κ1) is 26.1. The highest BCUT2D eigenvalue weighted by molar-refractivity contribution is 5.37. The van der Waals surface area contributed by atoms with E-state index < -0.39 is 0 Å². The average Bonchev–Trinajstić information content (AvgIpc) is 2.19. The van der Waals surface area contributed by atoms with Crippen molar-refractivity contribution in [2.75, 3.05) is 28.2 Å². The van der Waals surface area contributed by atoms with Gasteiger partial charge < -0.3 is 44.1 Å². The summed E-state index contributed by atoms with van der Waals surface area (Å²) in [5, 5.41) is 0. The lowest BCUT2D eigenvalue weighted by molar-refractivity contribution is -0.905. The number of nitrogens with one attached hydrogen (secondary N) is 2. The molecule has 0 aliphatic heterocycles. The van der Waals surface area contributed by atoms with Gasteiger partial charge in [0.25, 0.3) is 12.9 Å².